The average molecular weight is 384 g/mol. The lowest BCUT2D eigenvalue weighted by atomic mass is 9.98. The summed E-state index contributed by atoms with van der Waals surface area (Å²) in [5, 5.41) is 2.99. The number of hydrogen-bond acceptors (Lipinski definition) is 4. The van der Waals surface area contributed by atoms with Gasteiger partial charge in [-0.05, 0) is 29.7 Å². The normalized spacial score (nSPS) is 17.8. The van der Waals surface area contributed by atoms with E-state index in [9.17, 15) is 13.2 Å². The third-order valence-corrected chi connectivity index (χ3v) is 6.64. The number of aromatic amines is 1. The Morgan fingerprint density at radius 2 is 2.00 bits per heavy atom. The average Bonchev–Trinajstić information content (AvgIpc) is 3.26. The van der Waals surface area contributed by atoms with E-state index in [1.54, 1.807) is 6.33 Å². The van der Waals surface area contributed by atoms with E-state index in [-0.39, 0.29) is 24.2 Å². The molecule has 1 fully saturated rings. The molecular weight excluding hydrogens is 364 g/mol. The van der Waals surface area contributed by atoms with Crippen LogP contribution in [-0.4, -0.2) is 47.4 Å². The number of aromatic nitrogens is 2. The SMILES string of the molecule is O=C(CN1CCCS1(=O)=O)NC(c1ccccc1)c1ccc2nc[nH]c2c1. The van der Waals surface area contributed by atoms with Gasteiger partial charge in [-0.2, -0.15) is 4.31 Å². The molecule has 0 radical (unpaired) electrons. The minimum absolute atomic E-state index is 0.110. The topological polar surface area (TPSA) is 95.2 Å². The first-order valence-electron chi connectivity index (χ1n) is 8.78. The van der Waals surface area contributed by atoms with Gasteiger partial charge in [0, 0.05) is 6.54 Å². The van der Waals surface area contributed by atoms with E-state index in [0.29, 0.717) is 13.0 Å². The molecule has 1 saturated heterocycles. The number of nitrogens with one attached hydrogen (secondary N) is 2. The number of sulfonamides is 1. The smallest absolute Gasteiger partial charge is 0.236 e. The molecular formula is C19H20N4O3S. The monoisotopic (exact) mass is 384 g/mol. The summed E-state index contributed by atoms with van der Waals surface area (Å²) in [7, 11) is -3.31. The molecule has 2 N–H and O–H groups in total. The van der Waals surface area contributed by atoms with Gasteiger partial charge in [-0.3, -0.25) is 4.79 Å². The van der Waals surface area contributed by atoms with Gasteiger partial charge >= 0.3 is 0 Å². The number of nitrogens with zero attached hydrogens (tertiary/aromatic N) is 2. The van der Waals surface area contributed by atoms with Gasteiger partial charge in [-0.15, -0.1) is 0 Å². The predicted octanol–water partition coefficient (Wildman–Crippen LogP) is 1.80. The lowest BCUT2D eigenvalue weighted by Gasteiger charge is -2.22. The Bertz CT molecular complexity index is 1060. The van der Waals surface area contributed by atoms with Gasteiger partial charge in [0.2, 0.25) is 15.9 Å². The van der Waals surface area contributed by atoms with Crippen molar-refractivity contribution in [2.75, 3.05) is 18.8 Å². The summed E-state index contributed by atoms with van der Waals surface area (Å²) in [5.41, 5.74) is 3.55. The summed E-state index contributed by atoms with van der Waals surface area (Å²) in [4.78, 5) is 19.9. The molecule has 7 nitrogen and oxygen atoms in total. The Morgan fingerprint density at radius 1 is 1.19 bits per heavy atom. The first-order valence-corrected chi connectivity index (χ1v) is 10.4. The van der Waals surface area contributed by atoms with Crippen LogP contribution in [0.2, 0.25) is 0 Å². The highest BCUT2D eigenvalue weighted by atomic mass is 32.2. The van der Waals surface area contributed by atoms with Crippen molar-refractivity contribution >= 4 is 27.0 Å². The Hall–Kier alpha value is -2.71. The molecule has 0 spiro atoms. The maximum absolute atomic E-state index is 12.6. The van der Waals surface area contributed by atoms with Crippen molar-refractivity contribution in [1.29, 1.82) is 0 Å². The molecule has 2 heterocycles. The summed E-state index contributed by atoms with van der Waals surface area (Å²) in [6.45, 7) is 0.240. The number of amides is 1. The largest absolute Gasteiger partial charge is 0.345 e. The highest BCUT2D eigenvalue weighted by Crippen LogP contribution is 2.25. The molecule has 1 amide bonds. The molecule has 0 saturated carbocycles. The van der Waals surface area contributed by atoms with Crippen LogP contribution in [0.4, 0.5) is 0 Å². The van der Waals surface area contributed by atoms with Crippen molar-refractivity contribution in [3.8, 4) is 0 Å². The number of rotatable bonds is 5. The molecule has 1 atom stereocenters. The molecule has 0 aliphatic carbocycles. The molecule has 3 aromatic rings. The van der Waals surface area contributed by atoms with Gasteiger partial charge in [-0.1, -0.05) is 36.4 Å². The van der Waals surface area contributed by atoms with Crippen LogP contribution in [0.25, 0.3) is 11.0 Å². The summed E-state index contributed by atoms with van der Waals surface area (Å²) in [6, 6.07) is 15.0. The molecule has 1 aliphatic rings. The first kappa shape index (κ1) is 17.7. The van der Waals surface area contributed by atoms with Crippen molar-refractivity contribution in [3.63, 3.8) is 0 Å². The lowest BCUT2D eigenvalue weighted by Crippen LogP contribution is -2.39. The van der Waals surface area contributed by atoms with Crippen LogP contribution in [0.15, 0.2) is 54.9 Å². The molecule has 140 valence electrons. The van der Waals surface area contributed by atoms with E-state index >= 15 is 0 Å². The van der Waals surface area contributed by atoms with Crippen LogP contribution in [-0.2, 0) is 14.8 Å². The molecule has 2 aromatic carbocycles. The van der Waals surface area contributed by atoms with Crippen LogP contribution >= 0.6 is 0 Å². The van der Waals surface area contributed by atoms with Crippen LogP contribution < -0.4 is 5.32 Å². The van der Waals surface area contributed by atoms with Gasteiger partial charge in [0.15, 0.2) is 0 Å². The van der Waals surface area contributed by atoms with E-state index < -0.39 is 10.0 Å². The lowest BCUT2D eigenvalue weighted by molar-refractivity contribution is -0.121. The van der Waals surface area contributed by atoms with E-state index in [0.717, 1.165) is 22.2 Å². The minimum Gasteiger partial charge on any atom is -0.345 e. The quantitative estimate of drug-likeness (QED) is 0.701. The highest BCUT2D eigenvalue weighted by molar-refractivity contribution is 7.89. The van der Waals surface area contributed by atoms with E-state index in [2.05, 4.69) is 15.3 Å². The van der Waals surface area contributed by atoms with Crippen molar-refractivity contribution in [3.05, 3.63) is 66.0 Å². The summed E-state index contributed by atoms with van der Waals surface area (Å²) < 4.78 is 25.2. The fourth-order valence-corrected chi connectivity index (χ4v) is 4.85. The summed E-state index contributed by atoms with van der Waals surface area (Å²) in [5.74, 6) is -0.210. The second kappa shape index (κ2) is 7.13. The molecule has 1 unspecified atom stereocenters. The van der Waals surface area contributed by atoms with Gasteiger partial charge in [0.05, 0.1) is 35.7 Å². The van der Waals surface area contributed by atoms with E-state index in [4.69, 9.17) is 0 Å². The molecule has 27 heavy (non-hydrogen) atoms. The highest BCUT2D eigenvalue weighted by Gasteiger charge is 2.30. The number of hydrogen-bond donors (Lipinski definition) is 2. The maximum atomic E-state index is 12.6. The van der Waals surface area contributed by atoms with E-state index in [1.165, 1.54) is 4.31 Å². The standard InChI is InChI=1S/C19H20N4O3S/c24-18(12-23-9-4-10-27(23,25)26)22-19(14-5-2-1-3-6-14)15-7-8-16-17(11-15)21-13-20-16/h1-3,5-8,11,13,19H,4,9-10,12H2,(H,20,21)(H,22,24). The molecule has 1 aromatic heterocycles. The van der Waals surface area contributed by atoms with E-state index in [1.807, 2.05) is 48.5 Å². The van der Waals surface area contributed by atoms with Gasteiger partial charge in [0.1, 0.15) is 0 Å². The molecule has 4 rings (SSSR count). The fourth-order valence-electron chi connectivity index (χ4n) is 3.37. The van der Waals surface area contributed by atoms with Crippen LogP contribution in [0.3, 0.4) is 0 Å². The summed E-state index contributed by atoms with van der Waals surface area (Å²) >= 11 is 0. The number of benzene rings is 2. The van der Waals surface area contributed by atoms with Gasteiger partial charge in [-0.25, -0.2) is 13.4 Å². The second-order valence-corrected chi connectivity index (χ2v) is 8.68. The Balaban J connectivity index is 1.61. The van der Waals surface area contributed by atoms with Crippen LogP contribution in [0.5, 0.6) is 0 Å². The van der Waals surface area contributed by atoms with Gasteiger partial charge in [0.25, 0.3) is 0 Å². The third-order valence-electron chi connectivity index (χ3n) is 4.74. The fraction of sp³-hybridized carbons (Fsp3) is 0.263. The second-order valence-electron chi connectivity index (χ2n) is 6.59. The number of carbonyl (C=O) groups is 1. The minimum atomic E-state index is -3.31. The van der Waals surface area contributed by atoms with Crippen molar-refractivity contribution in [2.24, 2.45) is 0 Å². The molecule has 8 heteroatoms. The number of fused-ring (bicyclic) bond motifs is 1. The number of H-pyrrole nitrogens is 1. The number of imidazole rings is 1. The zero-order chi connectivity index (χ0) is 18.9. The van der Waals surface area contributed by atoms with Gasteiger partial charge < -0.3 is 10.3 Å². The summed E-state index contributed by atoms with van der Waals surface area (Å²) in [6.07, 6.45) is 2.19. The zero-order valence-corrected chi connectivity index (χ0v) is 15.4. The third kappa shape index (κ3) is 3.72. The Labute approximate surface area is 157 Å². The van der Waals surface area contributed by atoms with Crippen molar-refractivity contribution < 1.29 is 13.2 Å². The Morgan fingerprint density at radius 3 is 2.74 bits per heavy atom. The van der Waals surface area contributed by atoms with Crippen molar-refractivity contribution in [1.82, 2.24) is 19.6 Å². The van der Waals surface area contributed by atoms with Crippen molar-refractivity contribution in [2.45, 2.75) is 12.5 Å². The predicted molar refractivity (Wildman–Crippen MR) is 102 cm³/mol. The number of carbonyl (C=O) groups excluding carboxylic acids is 1. The molecule has 1 aliphatic heterocycles. The van der Waals surface area contributed by atoms with Crippen LogP contribution in [0, 0.1) is 0 Å². The zero-order valence-electron chi connectivity index (χ0n) is 14.6. The van der Waals surface area contributed by atoms with Crippen LogP contribution in [0.1, 0.15) is 23.6 Å². The first-order chi connectivity index (χ1) is 13.0. The molecule has 0 bridgehead atoms. The Kier molecular flexibility index (Phi) is 4.67. The maximum Gasteiger partial charge on any atom is 0.236 e.